The summed E-state index contributed by atoms with van der Waals surface area (Å²) in [6.45, 7) is 6.34. The van der Waals surface area contributed by atoms with Crippen LogP contribution in [-0.4, -0.2) is 17.5 Å². The van der Waals surface area contributed by atoms with E-state index in [-0.39, 0.29) is 11.9 Å². The average molecular weight is 354 g/mol. The van der Waals surface area contributed by atoms with Crippen LogP contribution in [0.1, 0.15) is 38.3 Å². The van der Waals surface area contributed by atoms with E-state index in [2.05, 4.69) is 10.3 Å². The van der Waals surface area contributed by atoms with Gasteiger partial charge in [0.15, 0.2) is 5.58 Å². The van der Waals surface area contributed by atoms with Gasteiger partial charge in [0.2, 0.25) is 11.8 Å². The van der Waals surface area contributed by atoms with E-state index >= 15 is 0 Å². The molecule has 1 unspecified atom stereocenters. The molecule has 0 aliphatic heterocycles. The van der Waals surface area contributed by atoms with Gasteiger partial charge in [0.05, 0.1) is 6.61 Å². The lowest BCUT2D eigenvalue weighted by atomic mass is 10.2. The third-order valence-corrected chi connectivity index (χ3v) is 3.81. The van der Waals surface area contributed by atoms with E-state index in [0.29, 0.717) is 30.4 Å². The van der Waals surface area contributed by atoms with Gasteiger partial charge in [-0.25, -0.2) is 4.98 Å². The number of oxazole rings is 1. The van der Waals surface area contributed by atoms with E-state index in [4.69, 9.17) is 13.9 Å². The summed E-state index contributed by atoms with van der Waals surface area (Å²) in [5.74, 6) is 1.89. The first-order valence-corrected chi connectivity index (χ1v) is 8.57. The van der Waals surface area contributed by atoms with Gasteiger partial charge in [-0.05, 0) is 43.7 Å². The Balaban J connectivity index is 1.67. The van der Waals surface area contributed by atoms with Crippen LogP contribution in [0.4, 0.5) is 0 Å². The van der Waals surface area contributed by atoms with Gasteiger partial charge in [-0.2, -0.15) is 0 Å². The fourth-order valence-electron chi connectivity index (χ4n) is 2.58. The van der Waals surface area contributed by atoms with Crippen molar-refractivity contribution in [3.63, 3.8) is 0 Å². The Morgan fingerprint density at radius 2 is 1.88 bits per heavy atom. The van der Waals surface area contributed by atoms with Crippen LogP contribution in [-0.2, 0) is 11.4 Å². The van der Waals surface area contributed by atoms with Gasteiger partial charge >= 0.3 is 0 Å². The summed E-state index contributed by atoms with van der Waals surface area (Å²) in [4.78, 5) is 15.6. The van der Waals surface area contributed by atoms with Gasteiger partial charge in [-0.3, -0.25) is 4.79 Å². The molecule has 0 aliphatic carbocycles. The van der Waals surface area contributed by atoms with E-state index in [1.165, 1.54) is 6.92 Å². The monoisotopic (exact) mass is 354 g/mol. The zero-order valence-corrected chi connectivity index (χ0v) is 15.1. The molecule has 6 nitrogen and oxygen atoms in total. The predicted molar refractivity (Wildman–Crippen MR) is 98.2 cm³/mol. The lowest BCUT2D eigenvalue weighted by Gasteiger charge is -2.07. The molecule has 1 heterocycles. The SMILES string of the molecule is CCOc1ccc(COc2ccc3nc(C(C)NC(C)=O)oc3c2)cc1. The maximum absolute atomic E-state index is 11.2. The summed E-state index contributed by atoms with van der Waals surface area (Å²) in [7, 11) is 0. The first-order valence-electron chi connectivity index (χ1n) is 8.57. The minimum Gasteiger partial charge on any atom is -0.494 e. The van der Waals surface area contributed by atoms with Crippen molar-refractivity contribution in [2.45, 2.75) is 33.4 Å². The van der Waals surface area contributed by atoms with Crippen LogP contribution in [0, 0.1) is 0 Å². The smallest absolute Gasteiger partial charge is 0.217 e. The highest BCUT2D eigenvalue weighted by Gasteiger charge is 2.14. The van der Waals surface area contributed by atoms with Gasteiger partial charge in [0.25, 0.3) is 0 Å². The zero-order chi connectivity index (χ0) is 18.5. The van der Waals surface area contributed by atoms with Crippen molar-refractivity contribution in [3.8, 4) is 11.5 Å². The van der Waals surface area contributed by atoms with Crippen molar-refractivity contribution in [2.75, 3.05) is 6.61 Å². The van der Waals surface area contributed by atoms with Crippen LogP contribution in [0.5, 0.6) is 11.5 Å². The number of ether oxygens (including phenoxy) is 2. The molecule has 0 saturated carbocycles. The van der Waals surface area contributed by atoms with Gasteiger partial charge in [0, 0.05) is 13.0 Å². The molecule has 0 spiro atoms. The number of nitrogens with zero attached hydrogens (tertiary/aromatic N) is 1. The maximum Gasteiger partial charge on any atom is 0.217 e. The quantitative estimate of drug-likeness (QED) is 0.694. The minimum atomic E-state index is -0.284. The lowest BCUT2D eigenvalue weighted by molar-refractivity contribution is -0.119. The van der Waals surface area contributed by atoms with Crippen molar-refractivity contribution in [1.82, 2.24) is 10.3 Å². The summed E-state index contributed by atoms with van der Waals surface area (Å²) in [6.07, 6.45) is 0. The Kier molecular flexibility index (Phi) is 5.41. The lowest BCUT2D eigenvalue weighted by Crippen LogP contribution is -2.23. The zero-order valence-electron chi connectivity index (χ0n) is 15.1. The molecule has 1 atom stereocenters. The molecule has 3 aromatic rings. The molecule has 1 N–H and O–H groups in total. The third kappa shape index (κ3) is 4.33. The molecule has 6 heteroatoms. The summed E-state index contributed by atoms with van der Waals surface area (Å²) >= 11 is 0. The second-order valence-corrected chi connectivity index (χ2v) is 5.97. The van der Waals surface area contributed by atoms with Crippen LogP contribution >= 0.6 is 0 Å². The molecule has 136 valence electrons. The van der Waals surface area contributed by atoms with Gasteiger partial charge < -0.3 is 19.2 Å². The summed E-state index contributed by atoms with van der Waals surface area (Å²) < 4.78 is 17.0. The second-order valence-electron chi connectivity index (χ2n) is 5.97. The number of carbonyl (C=O) groups is 1. The van der Waals surface area contributed by atoms with Crippen molar-refractivity contribution < 1.29 is 18.7 Å². The number of rotatable bonds is 7. The van der Waals surface area contributed by atoms with E-state index in [0.717, 1.165) is 16.8 Å². The van der Waals surface area contributed by atoms with Crippen LogP contribution in [0.2, 0.25) is 0 Å². The number of fused-ring (bicyclic) bond motifs is 1. The number of carbonyl (C=O) groups excluding carboxylic acids is 1. The molecule has 0 bridgehead atoms. The van der Waals surface area contributed by atoms with Gasteiger partial charge in [0.1, 0.15) is 29.7 Å². The average Bonchev–Trinajstić information content (AvgIpc) is 3.04. The van der Waals surface area contributed by atoms with Crippen molar-refractivity contribution in [3.05, 3.63) is 53.9 Å². The normalized spacial score (nSPS) is 12.0. The Morgan fingerprint density at radius 1 is 1.15 bits per heavy atom. The van der Waals surface area contributed by atoms with Crippen molar-refractivity contribution in [1.29, 1.82) is 0 Å². The Bertz CT molecular complexity index is 886. The molecule has 1 amide bonds. The van der Waals surface area contributed by atoms with E-state index in [1.54, 1.807) is 6.07 Å². The molecule has 2 aromatic carbocycles. The Hall–Kier alpha value is -3.02. The maximum atomic E-state index is 11.2. The van der Waals surface area contributed by atoms with Crippen LogP contribution in [0.3, 0.4) is 0 Å². The van der Waals surface area contributed by atoms with Gasteiger partial charge in [-0.15, -0.1) is 0 Å². The summed E-state index contributed by atoms with van der Waals surface area (Å²) in [5.41, 5.74) is 2.40. The topological polar surface area (TPSA) is 73.6 Å². The highest BCUT2D eigenvalue weighted by atomic mass is 16.5. The molecule has 0 aliphatic rings. The fraction of sp³-hybridized carbons (Fsp3) is 0.300. The highest BCUT2D eigenvalue weighted by Crippen LogP contribution is 2.25. The van der Waals surface area contributed by atoms with Crippen LogP contribution in [0.25, 0.3) is 11.1 Å². The second kappa shape index (κ2) is 7.91. The molecule has 26 heavy (non-hydrogen) atoms. The Morgan fingerprint density at radius 3 is 2.58 bits per heavy atom. The molecular weight excluding hydrogens is 332 g/mol. The van der Waals surface area contributed by atoms with Crippen molar-refractivity contribution >= 4 is 17.0 Å². The highest BCUT2D eigenvalue weighted by molar-refractivity contribution is 5.75. The molecular formula is C20H22N2O4. The van der Waals surface area contributed by atoms with Crippen LogP contribution < -0.4 is 14.8 Å². The largest absolute Gasteiger partial charge is 0.494 e. The van der Waals surface area contributed by atoms with Crippen LogP contribution in [0.15, 0.2) is 46.9 Å². The Labute approximate surface area is 152 Å². The standard InChI is InChI=1S/C20H22N2O4/c1-4-24-16-7-5-15(6-8-16)12-25-17-9-10-18-19(11-17)26-20(22-18)13(2)21-14(3)23/h5-11,13H,4,12H2,1-3H3,(H,21,23). The molecule has 0 saturated heterocycles. The number of hydrogen-bond acceptors (Lipinski definition) is 5. The first kappa shape index (κ1) is 17.8. The molecule has 3 rings (SSSR count). The minimum absolute atomic E-state index is 0.126. The van der Waals surface area contributed by atoms with E-state index < -0.39 is 0 Å². The molecule has 1 aromatic heterocycles. The molecule has 0 fully saturated rings. The predicted octanol–water partition coefficient (Wildman–Crippen LogP) is 4.00. The number of benzene rings is 2. The van der Waals surface area contributed by atoms with Crippen molar-refractivity contribution in [2.24, 2.45) is 0 Å². The summed E-state index contributed by atoms with van der Waals surface area (Å²) in [6, 6.07) is 13.0. The summed E-state index contributed by atoms with van der Waals surface area (Å²) in [5, 5.41) is 2.76. The van der Waals surface area contributed by atoms with Gasteiger partial charge in [-0.1, -0.05) is 12.1 Å². The van der Waals surface area contributed by atoms with E-state index in [9.17, 15) is 4.79 Å². The third-order valence-electron chi connectivity index (χ3n) is 3.81. The first-order chi connectivity index (χ1) is 12.5. The number of hydrogen-bond donors (Lipinski definition) is 1. The van der Waals surface area contributed by atoms with E-state index in [1.807, 2.05) is 50.2 Å². The fourth-order valence-corrected chi connectivity index (χ4v) is 2.58. The number of amides is 1. The molecule has 0 radical (unpaired) electrons. The number of aromatic nitrogens is 1. The number of nitrogens with one attached hydrogen (secondary N) is 1.